The van der Waals surface area contributed by atoms with Crippen molar-refractivity contribution in [2.75, 3.05) is 24.8 Å². The smallest absolute Gasteiger partial charge is 0.315 e. The average Bonchev–Trinajstić information content (AvgIpc) is 2.63. The standard InChI is InChI=1S/C19H21NO4S/c1-3-24-17(21)13-25-18(14-8-5-4-6-9-14)19(22)20-15-10-7-11-16(12-15)23-2/h4-12,18H,3,13H2,1-2H3,(H,20,22)/t18-/m0/s1. The summed E-state index contributed by atoms with van der Waals surface area (Å²) in [6.45, 7) is 2.08. The molecule has 132 valence electrons. The van der Waals surface area contributed by atoms with E-state index in [-0.39, 0.29) is 17.6 Å². The van der Waals surface area contributed by atoms with E-state index in [1.165, 1.54) is 11.8 Å². The van der Waals surface area contributed by atoms with Crippen molar-refractivity contribution in [1.82, 2.24) is 0 Å². The summed E-state index contributed by atoms with van der Waals surface area (Å²) in [6, 6.07) is 16.5. The summed E-state index contributed by atoms with van der Waals surface area (Å²) >= 11 is 1.24. The van der Waals surface area contributed by atoms with E-state index in [0.29, 0.717) is 18.0 Å². The first-order valence-electron chi connectivity index (χ1n) is 7.91. The van der Waals surface area contributed by atoms with Crippen LogP contribution in [0.5, 0.6) is 5.75 Å². The molecule has 0 aliphatic rings. The first-order chi connectivity index (χ1) is 12.1. The lowest BCUT2D eigenvalue weighted by Crippen LogP contribution is -2.20. The first-order valence-corrected chi connectivity index (χ1v) is 8.96. The van der Waals surface area contributed by atoms with Crippen LogP contribution in [0.25, 0.3) is 0 Å². The topological polar surface area (TPSA) is 64.6 Å². The van der Waals surface area contributed by atoms with E-state index < -0.39 is 5.25 Å². The Morgan fingerprint density at radius 2 is 1.88 bits per heavy atom. The highest BCUT2D eigenvalue weighted by Gasteiger charge is 2.23. The Bertz CT molecular complexity index is 706. The lowest BCUT2D eigenvalue weighted by atomic mass is 10.1. The van der Waals surface area contributed by atoms with Crippen LogP contribution >= 0.6 is 11.8 Å². The Morgan fingerprint density at radius 1 is 1.12 bits per heavy atom. The van der Waals surface area contributed by atoms with E-state index in [1.807, 2.05) is 30.3 Å². The van der Waals surface area contributed by atoms with Crippen molar-refractivity contribution in [3.8, 4) is 5.75 Å². The summed E-state index contributed by atoms with van der Waals surface area (Å²) in [6.07, 6.45) is 0. The van der Waals surface area contributed by atoms with E-state index in [4.69, 9.17) is 9.47 Å². The highest BCUT2D eigenvalue weighted by molar-refractivity contribution is 8.00. The number of esters is 1. The lowest BCUT2D eigenvalue weighted by molar-refractivity contribution is -0.139. The van der Waals surface area contributed by atoms with Crippen LogP contribution in [0.1, 0.15) is 17.7 Å². The van der Waals surface area contributed by atoms with E-state index in [9.17, 15) is 9.59 Å². The van der Waals surface area contributed by atoms with Crippen molar-refractivity contribution in [2.45, 2.75) is 12.2 Å². The fourth-order valence-electron chi connectivity index (χ4n) is 2.21. The maximum Gasteiger partial charge on any atom is 0.315 e. The molecular weight excluding hydrogens is 338 g/mol. The number of amides is 1. The van der Waals surface area contributed by atoms with Crippen LogP contribution in [0.2, 0.25) is 0 Å². The molecule has 1 atom stereocenters. The molecule has 0 fully saturated rings. The predicted octanol–water partition coefficient (Wildman–Crippen LogP) is 3.67. The predicted molar refractivity (Wildman–Crippen MR) is 99.9 cm³/mol. The van der Waals surface area contributed by atoms with Crippen LogP contribution in [0.4, 0.5) is 5.69 Å². The number of carbonyl (C=O) groups excluding carboxylic acids is 2. The van der Waals surface area contributed by atoms with Crippen molar-refractivity contribution in [3.63, 3.8) is 0 Å². The molecule has 0 spiro atoms. The summed E-state index contributed by atoms with van der Waals surface area (Å²) in [4.78, 5) is 24.4. The fraction of sp³-hybridized carbons (Fsp3) is 0.263. The SMILES string of the molecule is CCOC(=O)CS[C@H](C(=O)Nc1cccc(OC)c1)c1ccccc1. The van der Waals surface area contributed by atoms with Crippen molar-refractivity contribution in [3.05, 3.63) is 60.2 Å². The van der Waals surface area contributed by atoms with Gasteiger partial charge in [-0.2, -0.15) is 0 Å². The van der Waals surface area contributed by atoms with Crippen LogP contribution in [0, 0.1) is 0 Å². The largest absolute Gasteiger partial charge is 0.497 e. The zero-order valence-electron chi connectivity index (χ0n) is 14.2. The van der Waals surface area contributed by atoms with Crippen LogP contribution in [0.3, 0.4) is 0 Å². The van der Waals surface area contributed by atoms with Gasteiger partial charge >= 0.3 is 5.97 Å². The average molecular weight is 359 g/mol. The molecule has 2 aromatic carbocycles. The Morgan fingerprint density at radius 3 is 2.56 bits per heavy atom. The molecule has 2 rings (SSSR count). The minimum atomic E-state index is -0.517. The molecule has 0 bridgehead atoms. The molecule has 0 unspecified atom stereocenters. The van der Waals surface area contributed by atoms with Gasteiger partial charge in [0.05, 0.1) is 19.5 Å². The van der Waals surface area contributed by atoms with E-state index in [2.05, 4.69) is 5.32 Å². The molecule has 0 aromatic heterocycles. The summed E-state index contributed by atoms with van der Waals surface area (Å²) in [5.41, 5.74) is 1.47. The summed E-state index contributed by atoms with van der Waals surface area (Å²) in [5, 5.41) is 2.36. The number of hydrogen-bond acceptors (Lipinski definition) is 5. The second-order valence-corrected chi connectivity index (χ2v) is 6.22. The van der Waals surface area contributed by atoms with Gasteiger partial charge in [-0.1, -0.05) is 36.4 Å². The minimum Gasteiger partial charge on any atom is -0.497 e. The number of anilines is 1. The zero-order chi connectivity index (χ0) is 18.1. The van der Waals surface area contributed by atoms with Gasteiger partial charge in [0.2, 0.25) is 5.91 Å². The molecule has 0 saturated carbocycles. The monoisotopic (exact) mass is 359 g/mol. The highest BCUT2D eigenvalue weighted by Crippen LogP contribution is 2.30. The maximum atomic E-state index is 12.8. The van der Waals surface area contributed by atoms with Gasteiger partial charge in [0.15, 0.2) is 0 Å². The second-order valence-electron chi connectivity index (χ2n) is 5.13. The molecule has 0 heterocycles. The number of hydrogen-bond donors (Lipinski definition) is 1. The van der Waals surface area contributed by atoms with Crippen LogP contribution in [-0.4, -0.2) is 31.3 Å². The summed E-state index contributed by atoms with van der Waals surface area (Å²) < 4.78 is 10.1. The molecule has 0 aliphatic carbocycles. The Balaban J connectivity index is 2.13. The minimum absolute atomic E-state index is 0.110. The van der Waals surface area contributed by atoms with Gasteiger partial charge in [-0.25, -0.2) is 0 Å². The molecule has 1 N–H and O–H groups in total. The molecule has 1 amide bonds. The van der Waals surface area contributed by atoms with Crippen LogP contribution < -0.4 is 10.1 Å². The van der Waals surface area contributed by atoms with E-state index >= 15 is 0 Å². The molecule has 25 heavy (non-hydrogen) atoms. The van der Waals surface area contributed by atoms with Gasteiger partial charge in [-0.05, 0) is 24.6 Å². The zero-order valence-corrected chi connectivity index (χ0v) is 15.0. The van der Waals surface area contributed by atoms with Gasteiger partial charge in [-0.15, -0.1) is 11.8 Å². The first kappa shape index (κ1) is 18.9. The van der Waals surface area contributed by atoms with Gasteiger partial charge in [0.1, 0.15) is 11.0 Å². The highest BCUT2D eigenvalue weighted by atomic mass is 32.2. The third-order valence-corrected chi connectivity index (χ3v) is 4.57. The third kappa shape index (κ3) is 5.83. The van der Waals surface area contributed by atoms with Gasteiger partial charge in [-0.3, -0.25) is 9.59 Å². The summed E-state index contributed by atoms with van der Waals surface area (Å²) in [5.74, 6) is 0.239. The van der Waals surface area contributed by atoms with Crippen molar-refractivity contribution in [2.24, 2.45) is 0 Å². The molecular formula is C19H21NO4S. The fourth-order valence-corrected chi connectivity index (χ4v) is 3.16. The van der Waals surface area contributed by atoms with Gasteiger partial charge in [0.25, 0.3) is 0 Å². The quantitative estimate of drug-likeness (QED) is 0.729. The number of ether oxygens (including phenoxy) is 2. The molecule has 6 heteroatoms. The molecule has 0 aliphatic heterocycles. The number of nitrogens with one attached hydrogen (secondary N) is 1. The van der Waals surface area contributed by atoms with Gasteiger partial charge in [0, 0.05) is 11.8 Å². The van der Waals surface area contributed by atoms with Crippen molar-refractivity contribution >= 4 is 29.3 Å². The van der Waals surface area contributed by atoms with Gasteiger partial charge < -0.3 is 14.8 Å². The number of methoxy groups -OCH3 is 1. The number of rotatable bonds is 8. The Kier molecular flexibility index (Phi) is 7.35. The van der Waals surface area contributed by atoms with Crippen LogP contribution in [0.15, 0.2) is 54.6 Å². The molecule has 2 aromatic rings. The number of thioether (sulfide) groups is 1. The van der Waals surface area contributed by atoms with Crippen molar-refractivity contribution in [1.29, 1.82) is 0 Å². The third-order valence-electron chi connectivity index (χ3n) is 3.35. The number of carbonyl (C=O) groups is 2. The second kappa shape index (κ2) is 9.74. The lowest BCUT2D eigenvalue weighted by Gasteiger charge is -2.17. The molecule has 5 nitrogen and oxygen atoms in total. The molecule has 0 radical (unpaired) electrons. The molecule has 0 saturated heterocycles. The Labute approximate surface area is 151 Å². The van der Waals surface area contributed by atoms with Crippen molar-refractivity contribution < 1.29 is 19.1 Å². The normalized spacial score (nSPS) is 11.4. The van der Waals surface area contributed by atoms with E-state index in [1.54, 1.807) is 38.3 Å². The maximum absolute atomic E-state index is 12.8. The Hall–Kier alpha value is -2.47. The van der Waals surface area contributed by atoms with Crippen LogP contribution in [-0.2, 0) is 14.3 Å². The summed E-state index contributed by atoms with van der Waals surface area (Å²) in [7, 11) is 1.57. The van der Waals surface area contributed by atoms with E-state index in [0.717, 1.165) is 5.56 Å². The number of benzene rings is 2.